The Balaban J connectivity index is 5.24. The molecule has 0 aromatic heterocycles. The van der Waals surface area contributed by atoms with Gasteiger partial charge in [-0.05, 0) is 43.4 Å². The Bertz CT molecular complexity index is 1940. The molecule has 0 spiro atoms. The van der Waals surface area contributed by atoms with Crippen LogP contribution < -0.4 is 0 Å². The van der Waals surface area contributed by atoms with Gasteiger partial charge in [-0.3, -0.25) is 37.3 Å². The number of ether oxygens (including phenoxy) is 4. The van der Waals surface area contributed by atoms with Crippen LogP contribution in [0.15, 0.2) is 0 Å². The Labute approximate surface area is 613 Å². The maximum absolute atomic E-state index is 13.1. The molecule has 3 unspecified atom stereocenters. The SMILES string of the molecule is CCCCCCCCCCCCCCCCCCCC(=O)OC[C@H](COP(=O)(O)OC[C@@H](O)COP(=O)(O)OC[C@@H](COC(=O)CCCCCCCCCC(C)C)OC(=O)CCCCCCCCCCCCC(C)CC)OC(=O)CCCCCCCCCCCCCCCCCCC(C)C. The quantitative estimate of drug-likeness (QED) is 0.0222. The molecule has 0 amide bonds. The molecule has 100 heavy (non-hydrogen) atoms. The fourth-order valence-corrected chi connectivity index (χ4v) is 14.0. The van der Waals surface area contributed by atoms with Gasteiger partial charge in [-0.25, -0.2) is 9.13 Å². The number of carbonyl (C=O) groups excluding carboxylic acids is 4. The number of rotatable bonds is 79. The predicted molar refractivity (Wildman–Crippen MR) is 409 cm³/mol. The molecule has 0 rings (SSSR count). The summed E-state index contributed by atoms with van der Waals surface area (Å²) >= 11 is 0. The van der Waals surface area contributed by atoms with Gasteiger partial charge in [-0.15, -0.1) is 0 Å². The number of unbranched alkanes of at least 4 members (excludes halogenated alkanes) is 46. The zero-order chi connectivity index (χ0) is 73.7. The van der Waals surface area contributed by atoms with Gasteiger partial charge in [0, 0.05) is 25.7 Å². The van der Waals surface area contributed by atoms with Gasteiger partial charge < -0.3 is 33.8 Å². The van der Waals surface area contributed by atoms with Crippen LogP contribution in [0.4, 0.5) is 0 Å². The summed E-state index contributed by atoms with van der Waals surface area (Å²) in [5, 5.41) is 10.6. The highest BCUT2D eigenvalue weighted by molar-refractivity contribution is 7.47. The minimum Gasteiger partial charge on any atom is -0.462 e. The Morgan fingerprint density at radius 1 is 0.290 bits per heavy atom. The molecule has 19 heteroatoms. The maximum atomic E-state index is 13.1. The lowest BCUT2D eigenvalue weighted by Crippen LogP contribution is -2.30. The lowest BCUT2D eigenvalue weighted by atomic mass is 9.99. The Morgan fingerprint density at radius 3 is 0.760 bits per heavy atom. The van der Waals surface area contributed by atoms with Gasteiger partial charge in [0.05, 0.1) is 26.4 Å². The van der Waals surface area contributed by atoms with Gasteiger partial charge in [0.15, 0.2) is 12.2 Å². The summed E-state index contributed by atoms with van der Waals surface area (Å²) in [6, 6.07) is 0. The Hall–Kier alpha value is -1.94. The third-order valence-electron chi connectivity index (χ3n) is 19.2. The normalized spacial score (nSPS) is 14.2. The van der Waals surface area contributed by atoms with Crippen LogP contribution in [-0.2, 0) is 65.4 Å². The van der Waals surface area contributed by atoms with E-state index in [1.54, 1.807) is 0 Å². The number of esters is 4. The van der Waals surface area contributed by atoms with Crippen molar-refractivity contribution < 1.29 is 80.2 Å². The Morgan fingerprint density at radius 2 is 0.510 bits per heavy atom. The molecule has 3 N–H and O–H groups in total. The zero-order valence-electron chi connectivity index (χ0n) is 65.7. The summed E-state index contributed by atoms with van der Waals surface area (Å²) in [4.78, 5) is 73.0. The summed E-state index contributed by atoms with van der Waals surface area (Å²) in [6.07, 6.45) is 59.7. The molecule has 0 saturated carbocycles. The molecule has 0 heterocycles. The highest BCUT2D eigenvalue weighted by atomic mass is 31.2. The van der Waals surface area contributed by atoms with E-state index in [1.165, 1.54) is 225 Å². The molecular weight excluding hydrogens is 1310 g/mol. The third kappa shape index (κ3) is 73.0. The molecule has 6 atom stereocenters. The number of hydrogen-bond donors (Lipinski definition) is 3. The van der Waals surface area contributed by atoms with Crippen LogP contribution in [0.2, 0.25) is 0 Å². The highest BCUT2D eigenvalue weighted by Crippen LogP contribution is 2.45. The van der Waals surface area contributed by atoms with Crippen molar-refractivity contribution >= 4 is 39.5 Å². The summed E-state index contributed by atoms with van der Waals surface area (Å²) in [5.41, 5.74) is 0. The van der Waals surface area contributed by atoms with Crippen molar-refractivity contribution in [2.45, 2.75) is 439 Å². The number of carbonyl (C=O) groups is 4. The van der Waals surface area contributed by atoms with Crippen LogP contribution in [0, 0.1) is 17.8 Å². The summed E-state index contributed by atoms with van der Waals surface area (Å²) in [6.45, 7) is 11.9. The molecule has 0 bridgehead atoms. The summed E-state index contributed by atoms with van der Waals surface area (Å²) < 4.78 is 68.7. The summed E-state index contributed by atoms with van der Waals surface area (Å²) in [7, 11) is -9.92. The van der Waals surface area contributed by atoms with E-state index in [4.69, 9.17) is 37.0 Å². The van der Waals surface area contributed by atoms with Gasteiger partial charge in [-0.1, -0.05) is 370 Å². The lowest BCUT2D eigenvalue weighted by Gasteiger charge is -2.21. The average Bonchev–Trinajstić information content (AvgIpc) is 1.08. The zero-order valence-corrected chi connectivity index (χ0v) is 67.5. The second kappa shape index (κ2) is 71.3. The van der Waals surface area contributed by atoms with E-state index in [-0.39, 0.29) is 25.7 Å². The lowest BCUT2D eigenvalue weighted by molar-refractivity contribution is -0.161. The minimum absolute atomic E-state index is 0.105. The van der Waals surface area contributed by atoms with Crippen molar-refractivity contribution in [1.29, 1.82) is 0 Å². The van der Waals surface area contributed by atoms with Gasteiger partial charge in [-0.2, -0.15) is 0 Å². The molecule has 0 fully saturated rings. The second-order valence-electron chi connectivity index (χ2n) is 30.4. The van der Waals surface area contributed by atoms with E-state index < -0.39 is 97.5 Å². The molecule has 0 aromatic rings. The second-order valence-corrected chi connectivity index (χ2v) is 33.3. The molecule has 0 saturated heterocycles. The predicted octanol–water partition coefficient (Wildman–Crippen LogP) is 24.1. The van der Waals surface area contributed by atoms with Crippen molar-refractivity contribution in [3.8, 4) is 0 Å². The number of phosphoric ester groups is 2. The first-order valence-corrected chi connectivity index (χ1v) is 44.9. The molecule has 17 nitrogen and oxygen atoms in total. The molecule has 594 valence electrons. The average molecular weight is 1470 g/mol. The number of aliphatic hydroxyl groups excluding tert-OH is 1. The van der Waals surface area contributed by atoms with Crippen LogP contribution >= 0.6 is 15.6 Å². The molecule has 0 aliphatic heterocycles. The first kappa shape index (κ1) is 98.1. The van der Waals surface area contributed by atoms with E-state index in [9.17, 15) is 43.2 Å². The monoisotopic (exact) mass is 1470 g/mol. The molecule has 0 aliphatic rings. The van der Waals surface area contributed by atoms with E-state index in [0.29, 0.717) is 31.6 Å². The minimum atomic E-state index is -4.96. The van der Waals surface area contributed by atoms with Crippen LogP contribution in [0.25, 0.3) is 0 Å². The summed E-state index contributed by atoms with van der Waals surface area (Å²) in [5.74, 6) is 0.205. The highest BCUT2D eigenvalue weighted by Gasteiger charge is 2.30. The fourth-order valence-electron chi connectivity index (χ4n) is 12.5. The van der Waals surface area contributed by atoms with E-state index in [1.807, 2.05) is 0 Å². The maximum Gasteiger partial charge on any atom is 0.472 e. The third-order valence-corrected chi connectivity index (χ3v) is 21.1. The van der Waals surface area contributed by atoms with Crippen LogP contribution in [-0.4, -0.2) is 96.7 Å². The van der Waals surface area contributed by atoms with Crippen molar-refractivity contribution in [2.75, 3.05) is 39.6 Å². The first-order valence-electron chi connectivity index (χ1n) is 41.9. The van der Waals surface area contributed by atoms with Crippen molar-refractivity contribution in [1.82, 2.24) is 0 Å². The van der Waals surface area contributed by atoms with E-state index in [2.05, 4.69) is 48.5 Å². The Kier molecular flexibility index (Phi) is 69.9. The fraction of sp³-hybridized carbons (Fsp3) is 0.951. The van der Waals surface area contributed by atoms with E-state index >= 15 is 0 Å². The van der Waals surface area contributed by atoms with E-state index in [0.717, 1.165) is 108 Å². The molecule has 0 aromatic carbocycles. The first-order chi connectivity index (χ1) is 48.3. The van der Waals surface area contributed by atoms with Crippen LogP contribution in [0.5, 0.6) is 0 Å². The van der Waals surface area contributed by atoms with Crippen LogP contribution in [0.3, 0.4) is 0 Å². The molecule has 0 aliphatic carbocycles. The molecule has 0 radical (unpaired) electrons. The standard InChI is InChI=1S/C81H158O17P2/c1-8-10-11-12-13-14-15-16-17-18-22-25-28-34-41-48-55-62-78(83)91-68-76(97-80(85)64-57-50-42-35-29-26-23-20-19-21-24-27-32-38-45-52-59-72(3)4)70-95-99(87,88)93-66-75(82)67-94-100(89,90)96-71-77(69-92-79(84)63-56-49-44-37-39-46-53-60-73(5)6)98-81(86)65-58-51-43-36-31-30-33-40-47-54-61-74(7)9-2/h72-77,82H,8-71H2,1-7H3,(H,87,88)(H,89,90)/t74?,75-,76-,77-/m1/s1. The van der Waals surface area contributed by atoms with Crippen LogP contribution in [0.1, 0.15) is 421 Å². The van der Waals surface area contributed by atoms with Crippen molar-refractivity contribution in [2.24, 2.45) is 17.8 Å². The largest absolute Gasteiger partial charge is 0.472 e. The topological polar surface area (TPSA) is 237 Å². The smallest absolute Gasteiger partial charge is 0.462 e. The van der Waals surface area contributed by atoms with Crippen molar-refractivity contribution in [3.05, 3.63) is 0 Å². The van der Waals surface area contributed by atoms with Gasteiger partial charge in [0.25, 0.3) is 0 Å². The molecular formula is C81H158O17P2. The number of aliphatic hydroxyl groups is 1. The van der Waals surface area contributed by atoms with Gasteiger partial charge >= 0.3 is 39.5 Å². The number of hydrogen-bond acceptors (Lipinski definition) is 15. The van der Waals surface area contributed by atoms with Gasteiger partial charge in [0.2, 0.25) is 0 Å². The van der Waals surface area contributed by atoms with Crippen molar-refractivity contribution in [3.63, 3.8) is 0 Å². The van der Waals surface area contributed by atoms with Gasteiger partial charge in [0.1, 0.15) is 19.3 Å². The number of phosphoric acid groups is 2.